The van der Waals surface area contributed by atoms with Crippen molar-refractivity contribution < 1.29 is 19.7 Å². The third kappa shape index (κ3) is 5.87. The first-order chi connectivity index (χ1) is 17.1. The molecular weight excluding hydrogens is 460 g/mol. The van der Waals surface area contributed by atoms with E-state index in [9.17, 15) is 15.0 Å². The van der Waals surface area contributed by atoms with Gasteiger partial charge >= 0.3 is 0 Å². The molecule has 3 aromatic rings. The summed E-state index contributed by atoms with van der Waals surface area (Å²) < 4.78 is 15.2. The molecule has 0 radical (unpaired) electrons. The van der Waals surface area contributed by atoms with Gasteiger partial charge in [0, 0.05) is 37.5 Å². The first-order valence-corrected chi connectivity index (χ1v) is 12.7. The van der Waals surface area contributed by atoms with E-state index in [1.165, 1.54) is 0 Å². The van der Waals surface area contributed by atoms with Crippen molar-refractivity contribution in [3.05, 3.63) is 51.9 Å². The number of aliphatic hydroxyl groups excluding tert-OH is 2. The Morgan fingerprint density at radius 2 is 2.03 bits per heavy atom. The summed E-state index contributed by atoms with van der Waals surface area (Å²) in [6.07, 6.45) is 1.94. The van der Waals surface area contributed by atoms with Crippen molar-refractivity contribution in [1.29, 1.82) is 0 Å². The zero-order chi connectivity index (χ0) is 26.0. The number of ether oxygens (including phenoxy) is 2. The zero-order valence-corrected chi connectivity index (χ0v) is 21.8. The second-order valence-electron chi connectivity index (χ2n) is 10.1. The number of aryl methyl sites for hydroxylation is 2. The van der Waals surface area contributed by atoms with Crippen molar-refractivity contribution in [3.63, 3.8) is 0 Å². The van der Waals surface area contributed by atoms with E-state index in [0.717, 1.165) is 47.4 Å². The van der Waals surface area contributed by atoms with E-state index in [-0.39, 0.29) is 17.8 Å². The van der Waals surface area contributed by atoms with E-state index in [4.69, 9.17) is 14.5 Å². The van der Waals surface area contributed by atoms with Crippen LogP contribution in [0, 0.1) is 6.92 Å². The predicted octanol–water partition coefficient (Wildman–Crippen LogP) is 2.47. The summed E-state index contributed by atoms with van der Waals surface area (Å²) in [5.41, 5.74) is 4.32. The molecule has 3 N–H and O–H groups in total. The molecule has 0 saturated carbocycles. The molecule has 1 saturated heterocycles. The second kappa shape index (κ2) is 11.2. The van der Waals surface area contributed by atoms with Crippen LogP contribution in [0.5, 0.6) is 0 Å². The average Bonchev–Trinajstić information content (AvgIpc) is 3.45. The van der Waals surface area contributed by atoms with Gasteiger partial charge in [0.1, 0.15) is 5.82 Å². The third-order valence-electron chi connectivity index (χ3n) is 6.62. The molecule has 1 fully saturated rings. The molecule has 1 aliphatic rings. The van der Waals surface area contributed by atoms with E-state index in [2.05, 4.69) is 9.88 Å². The molecular formula is C27H38N4O5. The van der Waals surface area contributed by atoms with Crippen LogP contribution in [0.15, 0.2) is 35.3 Å². The smallest absolute Gasteiger partial charge is 0.253 e. The summed E-state index contributed by atoms with van der Waals surface area (Å²) >= 11 is 0. The standard InChI is InChI=1S/C27H38N4O5/c1-16(2)36-27(34)24(18(4)32)28-13-19-8-9-23-22(12-19)29-25(31(23)15-21-7-6-10-35-21)20-11-17(3)26(33)30(5)14-20/h8-9,11-12,14,16,18,21,24,27-28,32,34H,6-7,10,13,15H2,1-5H3/t18-,21+,24+,27?/m1/s1. The fraction of sp³-hybridized carbons (Fsp3) is 0.556. The Kier molecular flexibility index (Phi) is 8.27. The summed E-state index contributed by atoms with van der Waals surface area (Å²) in [4.78, 5) is 17.3. The molecule has 36 heavy (non-hydrogen) atoms. The van der Waals surface area contributed by atoms with Gasteiger partial charge in [-0.25, -0.2) is 4.98 Å². The van der Waals surface area contributed by atoms with Gasteiger partial charge in [-0.15, -0.1) is 0 Å². The number of rotatable bonds is 10. The molecule has 2 aromatic heterocycles. The van der Waals surface area contributed by atoms with Gasteiger partial charge < -0.3 is 34.1 Å². The van der Waals surface area contributed by atoms with Crippen LogP contribution < -0.4 is 10.9 Å². The molecule has 9 heteroatoms. The van der Waals surface area contributed by atoms with Crippen LogP contribution >= 0.6 is 0 Å². The average molecular weight is 499 g/mol. The molecule has 4 rings (SSSR count). The van der Waals surface area contributed by atoms with Gasteiger partial charge in [-0.05, 0) is 64.3 Å². The third-order valence-corrected chi connectivity index (χ3v) is 6.62. The molecule has 9 nitrogen and oxygen atoms in total. The Morgan fingerprint density at radius 3 is 2.67 bits per heavy atom. The van der Waals surface area contributed by atoms with Crippen molar-refractivity contribution in [2.45, 2.75) is 84.3 Å². The SMILES string of the molecule is Cc1cc(-c2nc3cc(CN[C@H](C(O)OC(C)C)[C@@H](C)O)ccc3n2C[C@@H]2CCCO2)cn(C)c1=O. The minimum atomic E-state index is -1.13. The maximum Gasteiger partial charge on any atom is 0.253 e. The number of aliphatic hydroxyl groups is 2. The largest absolute Gasteiger partial charge is 0.392 e. The number of imidazole rings is 1. The van der Waals surface area contributed by atoms with E-state index >= 15 is 0 Å². The Hall–Kier alpha value is -2.56. The van der Waals surface area contributed by atoms with Gasteiger partial charge in [-0.2, -0.15) is 0 Å². The quantitative estimate of drug-likeness (QED) is 0.368. The highest BCUT2D eigenvalue weighted by Gasteiger charge is 2.26. The lowest BCUT2D eigenvalue weighted by atomic mass is 10.1. The van der Waals surface area contributed by atoms with Crippen LogP contribution in [0.2, 0.25) is 0 Å². The fourth-order valence-electron chi connectivity index (χ4n) is 4.79. The van der Waals surface area contributed by atoms with Crippen LogP contribution in [-0.4, -0.2) is 61.6 Å². The van der Waals surface area contributed by atoms with Crippen LogP contribution in [0.1, 0.15) is 44.7 Å². The van der Waals surface area contributed by atoms with E-state index in [0.29, 0.717) is 18.7 Å². The number of benzene rings is 1. The maximum atomic E-state index is 12.3. The second-order valence-corrected chi connectivity index (χ2v) is 10.1. The first-order valence-electron chi connectivity index (χ1n) is 12.7. The van der Waals surface area contributed by atoms with E-state index < -0.39 is 18.4 Å². The van der Waals surface area contributed by atoms with Gasteiger partial charge in [0.15, 0.2) is 6.29 Å². The monoisotopic (exact) mass is 498 g/mol. The lowest BCUT2D eigenvalue weighted by Gasteiger charge is -2.28. The topological polar surface area (TPSA) is 111 Å². The molecule has 1 unspecified atom stereocenters. The Bertz CT molecular complexity index is 1220. The summed E-state index contributed by atoms with van der Waals surface area (Å²) in [5.74, 6) is 0.798. The number of hydrogen-bond acceptors (Lipinski definition) is 7. The van der Waals surface area contributed by atoms with Gasteiger partial charge in [-0.1, -0.05) is 6.07 Å². The normalized spacial score (nSPS) is 18.7. The van der Waals surface area contributed by atoms with Crippen molar-refractivity contribution >= 4 is 11.0 Å². The van der Waals surface area contributed by atoms with Crippen LogP contribution in [0.25, 0.3) is 22.4 Å². The fourth-order valence-corrected chi connectivity index (χ4v) is 4.79. The maximum absolute atomic E-state index is 12.3. The number of pyridine rings is 1. The number of nitrogens with one attached hydrogen (secondary N) is 1. The molecule has 0 amide bonds. The van der Waals surface area contributed by atoms with Gasteiger partial charge in [0.25, 0.3) is 5.56 Å². The number of fused-ring (bicyclic) bond motifs is 1. The zero-order valence-electron chi connectivity index (χ0n) is 21.8. The summed E-state index contributed by atoms with van der Waals surface area (Å²) in [6, 6.07) is 7.34. The van der Waals surface area contributed by atoms with Crippen molar-refractivity contribution in [2.75, 3.05) is 6.61 Å². The Labute approximate surface area is 211 Å². The van der Waals surface area contributed by atoms with Gasteiger partial charge in [0.2, 0.25) is 0 Å². The molecule has 4 atom stereocenters. The predicted molar refractivity (Wildman–Crippen MR) is 139 cm³/mol. The lowest BCUT2D eigenvalue weighted by Crippen LogP contribution is -2.48. The van der Waals surface area contributed by atoms with E-state index in [1.807, 2.05) is 51.2 Å². The Morgan fingerprint density at radius 1 is 1.25 bits per heavy atom. The van der Waals surface area contributed by atoms with Crippen molar-refractivity contribution in [3.8, 4) is 11.4 Å². The molecule has 0 aliphatic carbocycles. The minimum Gasteiger partial charge on any atom is -0.392 e. The molecule has 3 heterocycles. The van der Waals surface area contributed by atoms with Gasteiger partial charge in [0.05, 0.1) is 41.9 Å². The number of aromatic nitrogens is 3. The minimum absolute atomic E-state index is 0.0230. The Balaban J connectivity index is 1.66. The summed E-state index contributed by atoms with van der Waals surface area (Å²) in [6.45, 7) is 9.02. The lowest BCUT2D eigenvalue weighted by molar-refractivity contribution is -0.159. The highest BCUT2D eigenvalue weighted by molar-refractivity contribution is 5.81. The molecule has 196 valence electrons. The van der Waals surface area contributed by atoms with Crippen LogP contribution in [0.4, 0.5) is 0 Å². The van der Waals surface area contributed by atoms with E-state index in [1.54, 1.807) is 18.5 Å². The van der Waals surface area contributed by atoms with Crippen LogP contribution in [0.3, 0.4) is 0 Å². The van der Waals surface area contributed by atoms with Crippen molar-refractivity contribution in [1.82, 2.24) is 19.4 Å². The highest BCUT2D eigenvalue weighted by atomic mass is 16.6. The molecule has 1 aliphatic heterocycles. The number of hydrogen-bond donors (Lipinski definition) is 3. The summed E-state index contributed by atoms with van der Waals surface area (Å²) in [5, 5.41) is 23.7. The molecule has 0 bridgehead atoms. The highest BCUT2D eigenvalue weighted by Crippen LogP contribution is 2.28. The molecule has 0 spiro atoms. The first kappa shape index (κ1) is 26.5. The summed E-state index contributed by atoms with van der Waals surface area (Å²) in [7, 11) is 1.76. The van der Waals surface area contributed by atoms with Crippen LogP contribution in [-0.2, 0) is 29.6 Å². The number of nitrogens with zero attached hydrogens (tertiary/aromatic N) is 3. The van der Waals surface area contributed by atoms with Crippen molar-refractivity contribution in [2.24, 2.45) is 7.05 Å². The molecule has 1 aromatic carbocycles. The van der Waals surface area contributed by atoms with Gasteiger partial charge in [-0.3, -0.25) is 4.79 Å².